The van der Waals surface area contributed by atoms with E-state index >= 15 is 8.78 Å². The van der Waals surface area contributed by atoms with E-state index in [1.807, 2.05) is 32.0 Å². The number of anilines is 1. The number of nitrogens with one attached hydrogen (secondary N) is 1. The zero-order valence-corrected chi connectivity index (χ0v) is 41.5. The number of halogens is 3. The molecule has 4 aromatic carbocycles. The van der Waals surface area contributed by atoms with Crippen LogP contribution in [0.1, 0.15) is 173 Å². The number of hydrazine groups is 1. The first-order valence-corrected chi connectivity index (χ1v) is 24.9. The first-order valence-electron chi connectivity index (χ1n) is 24.1. The fourth-order valence-corrected chi connectivity index (χ4v) is 9.96. The van der Waals surface area contributed by atoms with Gasteiger partial charge in [-0.15, -0.1) is 5.10 Å². The Morgan fingerprint density at radius 2 is 1.12 bits per heavy atom. The zero-order chi connectivity index (χ0) is 50.9. The smallest absolute Gasteiger partial charge is 0.313 e. The summed E-state index contributed by atoms with van der Waals surface area (Å²) in [7, 11) is 0. The third-order valence-corrected chi connectivity index (χ3v) is 14.7. The standard InChI is InChI=1S/C27H28FN5O2.C26H29FN4O2.CBrN.CH4/c1-2-18-14-21(19-4-3-5-19)23(24-31-32-26(30)35-24)15-22(18)25(34)33-12-10-27(28,11-13-33)20-8-6-17(16-29)7-9-20;1-2-18-14-21(19-4-3-5-19)23(24(32)30-29)15-22(18)25(33)31-12-10-26(27,11-13-31)20-8-6-17(16-28)7-9-20;2-1-3;/h6-9,14-15,19H,2-5,10-13H2,1H3,(H2,30,32);6-9,14-15,19H,2-5,10-13,29H2,1H3,(H,30,32);;1H4. The van der Waals surface area contributed by atoms with Gasteiger partial charge in [0.2, 0.25) is 5.89 Å². The van der Waals surface area contributed by atoms with E-state index in [4.69, 9.17) is 31.8 Å². The number of likely N-dealkylation sites (tertiary alicyclic amines) is 2. The van der Waals surface area contributed by atoms with Crippen LogP contribution in [0.2, 0.25) is 0 Å². The van der Waals surface area contributed by atoms with Crippen LogP contribution >= 0.6 is 15.9 Å². The lowest BCUT2D eigenvalue weighted by Crippen LogP contribution is -2.43. The molecule has 9 rings (SSSR count). The predicted octanol–water partition coefficient (Wildman–Crippen LogP) is 10.7. The second kappa shape index (κ2) is 23.9. The highest BCUT2D eigenvalue weighted by atomic mass is 79.9. The maximum atomic E-state index is 15.7. The van der Waals surface area contributed by atoms with Crippen molar-refractivity contribution in [3.05, 3.63) is 134 Å². The molecule has 72 heavy (non-hydrogen) atoms. The highest BCUT2D eigenvalue weighted by Gasteiger charge is 2.40. The minimum absolute atomic E-state index is 0. The van der Waals surface area contributed by atoms with Crippen LogP contribution in [0, 0.1) is 32.9 Å². The Morgan fingerprint density at radius 3 is 1.49 bits per heavy atom. The van der Waals surface area contributed by atoms with E-state index in [0.717, 1.165) is 59.9 Å². The van der Waals surface area contributed by atoms with Crippen molar-refractivity contribution in [1.82, 2.24) is 25.4 Å². The lowest BCUT2D eigenvalue weighted by molar-refractivity contribution is 0.0412. The Hall–Kier alpha value is -7.00. The van der Waals surface area contributed by atoms with E-state index < -0.39 is 17.2 Å². The lowest BCUT2D eigenvalue weighted by Gasteiger charge is -2.37. The molecule has 2 saturated heterocycles. The number of aromatic nitrogens is 2. The molecule has 14 nitrogen and oxygen atoms in total. The minimum atomic E-state index is -1.53. The van der Waals surface area contributed by atoms with Crippen LogP contribution < -0.4 is 17.0 Å². The number of carbonyl (C=O) groups is 3. The molecule has 0 radical (unpaired) electrons. The number of nitriles is 3. The van der Waals surface area contributed by atoms with Gasteiger partial charge in [-0.1, -0.05) is 75.6 Å². The Labute approximate surface area is 428 Å². The number of nitrogen functional groups attached to an aromatic ring is 2. The zero-order valence-electron chi connectivity index (χ0n) is 39.9. The number of hydrogen-bond donors (Lipinski definition) is 3. The maximum absolute atomic E-state index is 15.7. The SMILES string of the molecule is C.CCc1cc(C2CCC2)c(-c2nnc(N)o2)cc1C(=O)N1CCC(F)(c2ccc(C#N)cc2)CC1.CCc1cc(C2CCC2)c(C(=O)NN)cc1C(=O)N1CCC(F)(c2ccc(C#N)cc2)CC1.N#CBr. The van der Waals surface area contributed by atoms with Crippen molar-refractivity contribution in [3.63, 3.8) is 0 Å². The number of nitrogens with zero attached hydrogens (tertiary/aromatic N) is 7. The summed E-state index contributed by atoms with van der Waals surface area (Å²) in [6.45, 7) is 5.21. The molecule has 3 heterocycles. The van der Waals surface area contributed by atoms with Gasteiger partial charge < -0.3 is 20.0 Å². The molecule has 0 spiro atoms. The summed E-state index contributed by atoms with van der Waals surface area (Å²) >= 11 is 2.45. The number of nitrogens with two attached hydrogens (primary N) is 2. The molecule has 0 unspecified atom stereocenters. The van der Waals surface area contributed by atoms with Gasteiger partial charge in [0.15, 0.2) is 0 Å². The Morgan fingerprint density at radius 1 is 0.708 bits per heavy atom. The molecule has 0 bridgehead atoms. The summed E-state index contributed by atoms with van der Waals surface area (Å²) in [6, 6.07) is 24.9. The maximum Gasteiger partial charge on any atom is 0.313 e. The predicted molar refractivity (Wildman–Crippen MR) is 274 cm³/mol. The Bertz CT molecular complexity index is 2860. The van der Waals surface area contributed by atoms with E-state index in [2.05, 4.69) is 43.7 Å². The highest BCUT2D eigenvalue weighted by molar-refractivity contribution is 9.12. The summed E-state index contributed by atoms with van der Waals surface area (Å²) in [5, 5.41) is 33.1. The van der Waals surface area contributed by atoms with Crippen LogP contribution in [0.4, 0.5) is 14.8 Å². The molecular formula is C55H61BrF2N10O4. The van der Waals surface area contributed by atoms with Crippen LogP contribution in [0.5, 0.6) is 0 Å². The second-order valence-corrected chi connectivity index (χ2v) is 18.9. The van der Waals surface area contributed by atoms with Crippen LogP contribution in [-0.4, -0.2) is 63.9 Å². The van der Waals surface area contributed by atoms with Crippen molar-refractivity contribution in [3.8, 4) is 28.6 Å². The van der Waals surface area contributed by atoms with Gasteiger partial charge in [-0.05, 0) is 120 Å². The molecule has 3 amide bonds. The minimum Gasteiger partial charge on any atom is -0.404 e. The molecule has 1 aromatic heterocycles. The van der Waals surface area contributed by atoms with Crippen molar-refractivity contribution in [2.75, 3.05) is 31.9 Å². The Balaban J connectivity index is 0.000000221. The van der Waals surface area contributed by atoms with Gasteiger partial charge in [0.05, 0.1) is 23.3 Å². The normalized spacial score (nSPS) is 16.8. The molecule has 2 aliphatic carbocycles. The van der Waals surface area contributed by atoms with Gasteiger partial charge in [-0.25, -0.2) is 14.6 Å². The number of alkyl halides is 2. The van der Waals surface area contributed by atoms with Gasteiger partial charge >= 0.3 is 6.01 Å². The fraction of sp³-hybridized carbons (Fsp3) is 0.418. The van der Waals surface area contributed by atoms with Crippen LogP contribution in [0.15, 0.2) is 77.2 Å². The topological polar surface area (TPSA) is 232 Å². The molecule has 4 fully saturated rings. The van der Waals surface area contributed by atoms with Crippen molar-refractivity contribution >= 4 is 39.7 Å². The monoisotopic (exact) mass is 1040 g/mol. The molecular weight excluding hydrogens is 983 g/mol. The van der Waals surface area contributed by atoms with Gasteiger partial charge in [0.25, 0.3) is 17.7 Å². The third-order valence-electron chi connectivity index (χ3n) is 14.7. The van der Waals surface area contributed by atoms with Gasteiger partial charge in [0, 0.05) is 90.0 Å². The first kappa shape index (κ1) is 54.3. The molecule has 0 atom stereocenters. The number of rotatable bonds is 10. The summed E-state index contributed by atoms with van der Waals surface area (Å²) in [5.74, 6) is 5.78. The molecule has 2 aliphatic heterocycles. The fourth-order valence-electron chi connectivity index (χ4n) is 9.96. The number of benzene rings is 4. The van der Waals surface area contributed by atoms with Crippen LogP contribution in [0.25, 0.3) is 11.5 Å². The second-order valence-electron chi connectivity index (χ2n) is 18.6. The quantitative estimate of drug-likeness (QED) is 0.0676. The summed E-state index contributed by atoms with van der Waals surface area (Å²) in [4.78, 5) is 44.5. The third kappa shape index (κ3) is 11.7. The van der Waals surface area contributed by atoms with E-state index in [-0.39, 0.29) is 64.0 Å². The number of aryl methyl sites for hydroxylation is 2. The number of piperidine rings is 2. The molecule has 5 N–H and O–H groups in total. The molecule has 5 aromatic rings. The summed E-state index contributed by atoms with van der Waals surface area (Å²) in [6.07, 6.45) is 8.70. The van der Waals surface area contributed by atoms with E-state index in [0.29, 0.717) is 82.6 Å². The summed E-state index contributed by atoms with van der Waals surface area (Å²) in [5.41, 5.74) is 13.2. The van der Waals surface area contributed by atoms with E-state index in [9.17, 15) is 14.4 Å². The van der Waals surface area contributed by atoms with Crippen LogP contribution in [0.3, 0.4) is 0 Å². The Kier molecular flexibility index (Phi) is 18.1. The first-order chi connectivity index (χ1) is 34.2. The lowest BCUT2D eigenvalue weighted by atomic mass is 9.76. The van der Waals surface area contributed by atoms with Crippen molar-refractivity contribution in [2.24, 2.45) is 5.84 Å². The van der Waals surface area contributed by atoms with Crippen molar-refractivity contribution in [2.45, 2.75) is 121 Å². The van der Waals surface area contributed by atoms with E-state index in [1.54, 1.807) is 69.4 Å². The van der Waals surface area contributed by atoms with Gasteiger partial charge in [-0.3, -0.25) is 19.8 Å². The molecule has 376 valence electrons. The largest absolute Gasteiger partial charge is 0.404 e. The molecule has 17 heteroatoms. The summed E-state index contributed by atoms with van der Waals surface area (Å²) < 4.78 is 36.9. The van der Waals surface area contributed by atoms with E-state index in [1.165, 1.54) is 6.42 Å². The van der Waals surface area contributed by atoms with Crippen molar-refractivity contribution in [1.29, 1.82) is 15.8 Å². The number of hydrogen-bond acceptors (Lipinski definition) is 11. The van der Waals surface area contributed by atoms with Gasteiger partial charge in [-0.2, -0.15) is 15.8 Å². The average Bonchev–Trinajstić information content (AvgIpc) is 3.81. The molecule has 2 saturated carbocycles. The average molecular weight is 1040 g/mol. The van der Waals surface area contributed by atoms with Crippen LogP contribution in [-0.2, 0) is 24.2 Å². The van der Waals surface area contributed by atoms with Gasteiger partial charge in [0.1, 0.15) is 16.3 Å². The van der Waals surface area contributed by atoms with Crippen molar-refractivity contribution < 1.29 is 27.6 Å². The molecule has 4 aliphatic rings. The number of carbonyl (C=O) groups excluding carboxylic acids is 3. The highest BCUT2D eigenvalue weighted by Crippen LogP contribution is 2.44. The number of amides is 3.